The molecule has 0 aromatic heterocycles. The third-order valence-electron chi connectivity index (χ3n) is 3.31. The van der Waals surface area contributed by atoms with Crippen LogP contribution in [0.1, 0.15) is 22.8 Å². The van der Waals surface area contributed by atoms with Gasteiger partial charge in [0, 0.05) is 13.7 Å². The van der Waals surface area contributed by atoms with Gasteiger partial charge in [-0.25, -0.2) is 0 Å². The molecule has 0 aliphatic heterocycles. The Morgan fingerprint density at radius 1 is 1.05 bits per heavy atom. The van der Waals surface area contributed by atoms with E-state index in [9.17, 15) is 0 Å². The molecule has 0 radical (unpaired) electrons. The fourth-order valence-corrected chi connectivity index (χ4v) is 2.70. The van der Waals surface area contributed by atoms with Gasteiger partial charge < -0.3 is 9.64 Å². The zero-order valence-electron chi connectivity index (χ0n) is 12.4. The molecular formula is C17H19Cl2NO. The molecule has 0 spiro atoms. The molecular weight excluding hydrogens is 305 g/mol. The van der Waals surface area contributed by atoms with Crippen molar-refractivity contribution in [1.29, 1.82) is 0 Å². The number of hydrogen-bond donors (Lipinski definition) is 0. The van der Waals surface area contributed by atoms with E-state index in [1.165, 1.54) is 5.56 Å². The molecule has 0 amide bonds. The van der Waals surface area contributed by atoms with Gasteiger partial charge in [-0.15, -0.1) is 0 Å². The van der Waals surface area contributed by atoms with E-state index in [0.717, 1.165) is 17.7 Å². The van der Waals surface area contributed by atoms with Crippen LogP contribution in [0.4, 0.5) is 0 Å². The number of hydrogen-bond acceptors (Lipinski definition) is 2. The van der Waals surface area contributed by atoms with Gasteiger partial charge >= 0.3 is 0 Å². The topological polar surface area (TPSA) is 12.5 Å². The van der Waals surface area contributed by atoms with E-state index in [1.54, 1.807) is 13.2 Å². The molecule has 2 aromatic rings. The molecule has 0 saturated heterocycles. The highest BCUT2D eigenvalue weighted by atomic mass is 35.5. The van der Waals surface area contributed by atoms with Crippen LogP contribution in [0, 0.1) is 0 Å². The molecule has 0 aliphatic carbocycles. The highest BCUT2D eigenvalue weighted by Crippen LogP contribution is 2.32. The van der Waals surface area contributed by atoms with Crippen LogP contribution >= 0.6 is 23.2 Å². The van der Waals surface area contributed by atoms with Gasteiger partial charge in [-0.2, -0.15) is 0 Å². The second kappa shape index (κ2) is 7.28. The van der Waals surface area contributed by atoms with E-state index in [0.29, 0.717) is 10.0 Å². The Balaban J connectivity index is 2.43. The van der Waals surface area contributed by atoms with E-state index in [1.807, 2.05) is 24.3 Å². The molecule has 2 nitrogen and oxygen atoms in total. The fraction of sp³-hybridized carbons (Fsp3) is 0.294. The van der Waals surface area contributed by atoms with E-state index in [2.05, 4.69) is 31.1 Å². The Bertz CT molecular complexity index is 613. The van der Waals surface area contributed by atoms with E-state index in [4.69, 9.17) is 27.9 Å². The summed E-state index contributed by atoms with van der Waals surface area (Å²) in [5.41, 5.74) is 3.38. The van der Waals surface area contributed by atoms with Gasteiger partial charge in [0.25, 0.3) is 0 Å². The Labute approximate surface area is 136 Å². The fourth-order valence-electron chi connectivity index (χ4n) is 2.39. The van der Waals surface area contributed by atoms with Crippen LogP contribution in [-0.4, -0.2) is 26.1 Å². The third-order valence-corrected chi connectivity index (χ3v) is 4.05. The van der Waals surface area contributed by atoms with Gasteiger partial charge in [0.15, 0.2) is 0 Å². The normalized spacial score (nSPS) is 12.7. The Morgan fingerprint density at radius 3 is 2.38 bits per heavy atom. The lowest BCUT2D eigenvalue weighted by molar-refractivity contribution is 0.135. The summed E-state index contributed by atoms with van der Waals surface area (Å²) in [6.45, 7) is 0.858. The Hall–Kier alpha value is -1.06. The number of ether oxygens (including phenoxy) is 1. The first-order chi connectivity index (χ1) is 10.0. The van der Waals surface area contributed by atoms with Crippen LogP contribution in [0.3, 0.4) is 0 Å². The van der Waals surface area contributed by atoms with Crippen LogP contribution in [0.5, 0.6) is 0 Å². The maximum absolute atomic E-state index is 6.13. The first kappa shape index (κ1) is 16.3. The van der Waals surface area contributed by atoms with Crippen LogP contribution < -0.4 is 0 Å². The third kappa shape index (κ3) is 3.98. The Kier molecular flexibility index (Phi) is 5.65. The number of nitrogens with zero attached hydrogens (tertiary/aromatic N) is 1. The van der Waals surface area contributed by atoms with Crippen molar-refractivity contribution in [2.75, 3.05) is 21.2 Å². The first-order valence-corrected chi connectivity index (χ1v) is 7.48. The molecule has 1 unspecified atom stereocenters. The Morgan fingerprint density at radius 2 is 1.76 bits per heavy atom. The van der Waals surface area contributed by atoms with Crippen molar-refractivity contribution in [3.8, 4) is 0 Å². The van der Waals surface area contributed by atoms with Crippen molar-refractivity contribution in [1.82, 2.24) is 4.90 Å². The number of methoxy groups -OCH3 is 1. The van der Waals surface area contributed by atoms with E-state index < -0.39 is 0 Å². The molecule has 4 heteroatoms. The first-order valence-electron chi connectivity index (χ1n) is 6.73. The average Bonchev–Trinajstić information content (AvgIpc) is 2.44. The highest BCUT2D eigenvalue weighted by molar-refractivity contribution is 6.42. The molecule has 112 valence electrons. The van der Waals surface area contributed by atoms with Crippen molar-refractivity contribution < 1.29 is 4.74 Å². The van der Waals surface area contributed by atoms with Crippen molar-refractivity contribution in [2.45, 2.75) is 12.6 Å². The zero-order chi connectivity index (χ0) is 15.4. The molecule has 0 aliphatic rings. The minimum Gasteiger partial charge on any atom is -0.372 e. The standard InChI is InChI=1S/C17H19Cl2NO/c1-20(2)11-13-6-4-5-7-14(13)17(21-3)12-8-9-15(18)16(19)10-12/h4-10,17H,11H2,1-3H3. The van der Waals surface area contributed by atoms with Gasteiger partial charge in [0.05, 0.1) is 10.0 Å². The van der Waals surface area contributed by atoms with Gasteiger partial charge in [-0.1, -0.05) is 53.5 Å². The second-order valence-corrected chi connectivity index (χ2v) is 6.04. The maximum Gasteiger partial charge on any atom is 0.108 e. The average molecular weight is 324 g/mol. The highest BCUT2D eigenvalue weighted by Gasteiger charge is 2.18. The van der Waals surface area contributed by atoms with Crippen molar-refractivity contribution in [3.05, 3.63) is 69.2 Å². The second-order valence-electron chi connectivity index (χ2n) is 5.23. The molecule has 0 saturated carbocycles. The summed E-state index contributed by atoms with van der Waals surface area (Å²) >= 11 is 12.1. The minimum absolute atomic E-state index is 0.157. The predicted molar refractivity (Wildman–Crippen MR) is 89.1 cm³/mol. The molecule has 21 heavy (non-hydrogen) atoms. The number of benzene rings is 2. The molecule has 1 atom stereocenters. The SMILES string of the molecule is COC(c1ccc(Cl)c(Cl)c1)c1ccccc1CN(C)C. The smallest absolute Gasteiger partial charge is 0.108 e. The summed E-state index contributed by atoms with van der Waals surface area (Å²) in [7, 11) is 5.81. The summed E-state index contributed by atoms with van der Waals surface area (Å²) < 4.78 is 5.72. The minimum atomic E-state index is -0.157. The molecule has 2 aromatic carbocycles. The molecule has 2 rings (SSSR count). The number of rotatable bonds is 5. The summed E-state index contributed by atoms with van der Waals surface area (Å²) in [5.74, 6) is 0. The summed E-state index contributed by atoms with van der Waals surface area (Å²) in [6.07, 6.45) is -0.157. The van der Waals surface area contributed by atoms with Gasteiger partial charge in [-0.3, -0.25) is 0 Å². The molecule has 0 heterocycles. The largest absolute Gasteiger partial charge is 0.372 e. The molecule has 0 bridgehead atoms. The zero-order valence-corrected chi connectivity index (χ0v) is 13.9. The van der Waals surface area contributed by atoms with Crippen molar-refractivity contribution in [2.24, 2.45) is 0 Å². The van der Waals surface area contributed by atoms with Crippen LogP contribution in [0.25, 0.3) is 0 Å². The lowest BCUT2D eigenvalue weighted by atomic mass is 9.96. The summed E-state index contributed by atoms with van der Waals surface area (Å²) in [4.78, 5) is 2.14. The van der Waals surface area contributed by atoms with Gasteiger partial charge in [-0.05, 0) is 42.9 Å². The lowest BCUT2D eigenvalue weighted by Crippen LogP contribution is -2.14. The van der Waals surface area contributed by atoms with Crippen LogP contribution in [0.2, 0.25) is 10.0 Å². The van der Waals surface area contributed by atoms with Gasteiger partial charge in [0.2, 0.25) is 0 Å². The van der Waals surface area contributed by atoms with Crippen LogP contribution in [-0.2, 0) is 11.3 Å². The molecule has 0 N–H and O–H groups in total. The predicted octanol–water partition coefficient (Wildman–Crippen LogP) is 4.79. The van der Waals surface area contributed by atoms with Crippen molar-refractivity contribution >= 4 is 23.2 Å². The molecule has 0 fully saturated rings. The van der Waals surface area contributed by atoms with Gasteiger partial charge in [0.1, 0.15) is 6.10 Å². The summed E-state index contributed by atoms with van der Waals surface area (Å²) in [6, 6.07) is 13.9. The monoisotopic (exact) mass is 323 g/mol. The maximum atomic E-state index is 6.13. The summed E-state index contributed by atoms with van der Waals surface area (Å²) in [5, 5.41) is 1.10. The van der Waals surface area contributed by atoms with E-state index in [-0.39, 0.29) is 6.10 Å². The lowest BCUT2D eigenvalue weighted by Gasteiger charge is -2.21. The van der Waals surface area contributed by atoms with Crippen LogP contribution in [0.15, 0.2) is 42.5 Å². The quantitative estimate of drug-likeness (QED) is 0.784. The van der Waals surface area contributed by atoms with Crippen molar-refractivity contribution in [3.63, 3.8) is 0 Å². The number of halogens is 2. The van der Waals surface area contributed by atoms with E-state index >= 15 is 0 Å².